The lowest BCUT2D eigenvalue weighted by Gasteiger charge is -2.27. The molecule has 8 heteroatoms. The van der Waals surface area contributed by atoms with Gasteiger partial charge in [0.1, 0.15) is 5.65 Å². The Bertz CT molecular complexity index is 1190. The average Bonchev–Trinajstić information content (AvgIpc) is 3.12. The van der Waals surface area contributed by atoms with Crippen molar-refractivity contribution in [1.29, 1.82) is 0 Å². The SMILES string of the molecule is O=C(c1c(F)cnc2[nH]c3cnc(-c4cccnc4)cc3c12)N1CCOCC1. The first-order valence-electron chi connectivity index (χ1n) is 8.96. The van der Waals surface area contributed by atoms with E-state index in [1.54, 1.807) is 23.5 Å². The van der Waals surface area contributed by atoms with E-state index in [9.17, 15) is 9.18 Å². The number of ether oxygens (including phenoxy) is 1. The fourth-order valence-corrected chi connectivity index (χ4v) is 3.54. The number of carbonyl (C=O) groups excluding carboxylic acids is 1. The van der Waals surface area contributed by atoms with Gasteiger partial charge in [-0.2, -0.15) is 0 Å². The van der Waals surface area contributed by atoms with E-state index in [0.29, 0.717) is 53.9 Å². The summed E-state index contributed by atoms with van der Waals surface area (Å²) >= 11 is 0. The summed E-state index contributed by atoms with van der Waals surface area (Å²) in [6, 6.07) is 5.56. The molecule has 5 rings (SSSR count). The van der Waals surface area contributed by atoms with Crippen molar-refractivity contribution < 1.29 is 13.9 Å². The van der Waals surface area contributed by atoms with Gasteiger partial charge in [0.05, 0.1) is 42.4 Å². The summed E-state index contributed by atoms with van der Waals surface area (Å²) < 4.78 is 20.1. The molecule has 28 heavy (non-hydrogen) atoms. The van der Waals surface area contributed by atoms with Crippen LogP contribution in [0.2, 0.25) is 0 Å². The van der Waals surface area contributed by atoms with Crippen molar-refractivity contribution in [3.05, 3.63) is 54.4 Å². The highest BCUT2D eigenvalue weighted by Crippen LogP contribution is 2.31. The molecule has 5 heterocycles. The Morgan fingerprint density at radius 1 is 1.18 bits per heavy atom. The Kier molecular flexibility index (Phi) is 3.98. The van der Waals surface area contributed by atoms with Gasteiger partial charge in [0.15, 0.2) is 5.82 Å². The molecule has 1 N–H and O–H groups in total. The molecule has 0 aromatic carbocycles. The molecular weight excluding hydrogens is 361 g/mol. The molecule has 0 saturated carbocycles. The van der Waals surface area contributed by atoms with Crippen LogP contribution in [0.5, 0.6) is 0 Å². The Morgan fingerprint density at radius 3 is 2.82 bits per heavy atom. The molecule has 0 aliphatic carbocycles. The molecule has 0 radical (unpaired) electrons. The summed E-state index contributed by atoms with van der Waals surface area (Å²) in [6.45, 7) is 1.77. The summed E-state index contributed by atoms with van der Waals surface area (Å²) in [5, 5.41) is 1.17. The highest BCUT2D eigenvalue weighted by atomic mass is 19.1. The van der Waals surface area contributed by atoms with E-state index in [0.717, 1.165) is 11.8 Å². The Balaban J connectivity index is 1.73. The first-order valence-corrected chi connectivity index (χ1v) is 8.96. The average molecular weight is 377 g/mol. The van der Waals surface area contributed by atoms with Crippen molar-refractivity contribution in [1.82, 2.24) is 24.8 Å². The van der Waals surface area contributed by atoms with Crippen LogP contribution in [-0.4, -0.2) is 57.0 Å². The molecule has 0 unspecified atom stereocenters. The monoisotopic (exact) mass is 377 g/mol. The lowest BCUT2D eigenvalue weighted by atomic mass is 10.1. The predicted octanol–water partition coefficient (Wildman–Crippen LogP) is 2.78. The van der Waals surface area contributed by atoms with Crippen molar-refractivity contribution in [2.75, 3.05) is 26.3 Å². The third kappa shape index (κ3) is 2.69. The van der Waals surface area contributed by atoms with Gasteiger partial charge in [0.2, 0.25) is 0 Å². The summed E-state index contributed by atoms with van der Waals surface area (Å²) in [7, 11) is 0. The zero-order valence-electron chi connectivity index (χ0n) is 14.9. The standard InChI is InChI=1S/C20H16FN5O2/c21-14-10-24-19-17(18(14)20(27)26-4-6-28-7-5-26)13-8-15(23-11-16(13)25-19)12-2-1-3-22-9-12/h1-3,8-11H,4-7H2,(H,24,25). The smallest absolute Gasteiger partial charge is 0.257 e. The number of amides is 1. The van der Waals surface area contributed by atoms with Gasteiger partial charge in [-0.3, -0.25) is 14.8 Å². The van der Waals surface area contributed by atoms with Crippen LogP contribution >= 0.6 is 0 Å². The van der Waals surface area contributed by atoms with Gasteiger partial charge < -0.3 is 14.6 Å². The second-order valence-electron chi connectivity index (χ2n) is 6.59. The third-order valence-corrected chi connectivity index (χ3v) is 4.93. The Morgan fingerprint density at radius 2 is 2.04 bits per heavy atom. The predicted molar refractivity (Wildman–Crippen MR) is 101 cm³/mol. The molecule has 1 aliphatic rings. The molecule has 1 amide bonds. The van der Waals surface area contributed by atoms with Gasteiger partial charge in [-0.15, -0.1) is 0 Å². The summed E-state index contributed by atoms with van der Waals surface area (Å²) in [5.41, 5.74) is 2.70. The molecule has 0 atom stereocenters. The molecule has 4 aromatic heterocycles. The molecule has 1 saturated heterocycles. The van der Waals surface area contributed by atoms with E-state index in [4.69, 9.17) is 4.74 Å². The van der Waals surface area contributed by atoms with E-state index in [1.807, 2.05) is 18.2 Å². The number of nitrogens with one attached hydrogen (secondary N) is 1. The Hall–Kier alpha value is -3.39. The number of halogens is 1. The van der Waals surface area contributed by atoms with Gasteiger partial charge in [0, 0.05) is 41.8 Å². The van der Waals surface area contributed by atoms with Gasteiger partial charge in [-0.1, -0.05) is 0 Å². The first kappa shape index (κ1) is 16.8. The second kappa shape index (κ2) is 6.65. The maximum Gasteiger partial charge on any atom is 0.257 e. The molecule has 7 nitrogen and oxygen atoms in total. The van der Waals surface area contributed by atoms with Crippen LogP contribution in [0.4, 0.5) is 4.39 Å². The van der Waals surface area contributed by atoms with Crippen molar-refractivity contribution in [3.8, 4) is 11.3 Å². The van der Waals surface area contributed by atoms with E-state index in [-0.39, 0.29) is 11.5 Å². The fourth-order valence-electron chi connectivity index (χ4n) is 3.54. The lowest BCUT2D eigenvalue weighted by molar-refractivity contribution is 0.0301. The number of morpholine rings is 1. The van der Waals surface area contributed by atoms with Gasteiger partial charge >= 0.3 is 0 Å². The molecule has 1 fully saturated rings. The molecule has 0 bridgehead atoms. The van der Waals surface area contributed by atoms with Crippen LogP contribution in [0.3, 0.4) is 0 Å². The summed E-state index contributed by atoms with van der Waals surface area (Å²) in [5.74, 6) is -0.988. The number of hydrogen-bond donors (Lipinski definition) is 1. The van der Waals surface area contributed by atoms with Crippen LogP contribution < -0.4 is 0 Å². The lowest BCUT2D eigenvalue weighted by Crippen LogP contribution is -2.41. The molecular formula is C20H16FN5O2. The van der Waals surface area contributed by atoms with Crippen LogP contribution in [0.15, 0.2) is 43.0 Å². The van der Waals surface area contributed by atoms with Gasteiger partial charge in [-0.05, 0) is 18.2 Å². The van der Waals surface area contributed by atoms with E-state index in [2.05, 4.69) is 19.9 Å². The topological polar surface area (TPSA) is 84.0 Å². The van der Waals surface area contributed by atoms with Crippen LogP contribution in [-0.2, 0) is 4.74 Å². The molecule has 140 valence electrons. The zero-order chi connectivity index (χ0) is 19.1. The minimum atomic E-state index is -0.635. The highest BCUT2D eigenvalue weighted by molar-refractivity contribution is 6.17. The molecule has 0 spiro atoms. The van der Waals surface area contributed by atoms with Crippen LogP contribution in [0, 0.1) is 5.82 Å². The van der Waals surface area contributed by atoms with E-state index in [1.165, 1.54) is 0 Å². The van der Waals surface area contributed by atoms with Crippen LogP contribution in [0.25, 0.3) is 33.2 Å². The number of rotatable bonds is 2. The zero-order valence-corrected chi connectivity index (χ0v) is 14.9. The van der Waals surface area contributed by atoms with Crippen molar-refractivity contribution in [2.45, 2.75) is 0 Å². The first-order chi connectivity index (χ1) is 13.7. The van der Waals surface area contributed by atoms with Gasteiger partial charge in [0.25, 0.3) is 5.91 Å². The maximum atomic E-state index is 14.8. The molecule has 1 aliphatic heterocycles. The fraction of sp³-hybridized carbons (Fsp3) is 0.200. The normalized spacial score (nSPS) is 14.7. The largest absolute Gasteiger partial charge is 0.378 e. The minimum Gasteiger partial charge on any atom is -0.378 e. The van der Waals surface area contributed by atoms with E-state index < -0.39 is 5.82 Å². The number of nitrogens with zero attached hydrogens (tertiary/aromatic N) is 4. The maximum absolute atomic E-state index is 14.8. The third-order valence-electron chi connectivity index (χ3n) is 4.93. The highest BCUT2D eigenvalue weighted by Gasteiger charge is 2.26. The number of aromatic nitrogens is 4. The van der Waals surface area contributed by atoms with E-state index >= 15 is 0 Å². The number of pyridine rings is 3. The van der Waals surface area contributed by atoms with Crippen molar-refractivity contribution >= 4 is 27.8 Å². The van der Waals surface area contributed by atoms with Crippen LogP contribution in [0.1, 0.15) is 10.4 Å². The number of fused-ring (bicyclic) bond motifs is 3. The second-order valence-corrected chi connectivity index (χ2v) is 6.59. The van der Waals surface area contributed by atoms with Crippen molar-refractivity contribution in [2.24, 2.45) is 0 Å². The van der Waals surface area contributed by atoms with Gasteiger partial charge in [-0.25, -0.2) is 9.37 Å². The minimum absolute atomic E-state index is 0.0292. The number of hydrogen-bond acceptors (Lipinski definition) is 5. The number of H-pyrrole nitrogens is 1. The summed E-state index contributed by atoms with van der Waals surface area (Å²) in [6.07, 6.45) is 6.15. The number of carbonyl (C=O) groups is 1. The quantitative estimate of drug-likeness (QED) is 0.581. The molecule has 4 aromatic rings. The number of aromatic amines is 1. The Labute approximate surface area is 159 Å². The van der Waals surface area contributed by atoms with Crippen molar-refractivity contribution in [3.63, 3.8) is 0 Å². The summed E-state index contributed by atoms with van der Waals surface area (Å²) in [4.78, 5) is 30.6.